The van der Waals surface area contributed by atoms with Crippen molar-refractivity contribution in [2.45, 2.75) is 26.4 Å². The van der Waals surface area contributed by atoms with Gasteiger partial charge in [0.15, 0.2) is 11.5 Å². The van der Waals surface area contributed by atoms with E-state index in [0.717, 1.165) is 22.1 Å². The number of carbonyl (C=O) groups excluding carboxylic acids is 1. The van der Waals surface area contributed by atoms with E-state index in [-0.39, 0.29) is 12.1 Å². The molecular formula is C20H23BrN2O3. The number of carbonyl (C=O) groups is 1. The van der Waals surface area contributed by atoms with E-state index in [1.807, 2.05) is 48.2 Å². The number of methoxy groups -OCH3 is 1. The lowest BCUT2D eigenvalue weighted by Gasteiger charge is -2.38. The van der Waals surface area contributed by atoms with Crippen LogP contribution >= 0.6 is 15.9 Å². The van der Waals surface area contributed by atoms with Crippen LogP contribution in [0.3, 0.4) is 0 Å². The van der Waals surface area contributed by atoms with E-state index < -0.39 is 0 Å². The molecule has 26 heavy (non-hydrogen) atoms. The second-order valence-electron chi connectivity index (χ2n) is 6.06. The van der Waals surface area contributed by atoms with Gasteiger partial charge in [0.2, 0.25) is 0 Å². The third-order valence-corrected chi connectivity index (χ3v) is 4.93. The lowest BCUT2D eigenvalue weighted by molar-refractivity contribution is 0.0683. The summed E-state index contributed by atoms with van der Waals surface area (Å²) >= 11 is 3.58. The van der Waals surface area contributed by atoms with E-state index in [1.165, 1.54) is 0 Å². The van der Waals surface area contributed by atoms with E-state index in [4.69, 9.17) is 9.47 Å². The largest absolute Gasteiger partial charge is 0.493 e. The molecule has 1 aliphatic heterocycles. The average molecular weight is 419 g/mol. The molecule has 1 atom stereocenters. The van der Waals surface area contributed by atoms with Crippen molar-refractivity contribution in [3.63, 3.8) is 0 Å². The van der Waals surface area contributed by atoms with Crippen molar-refractivity contribution in [3.8, 4) is 11.5 Å². The molecule has 2 aromatic carbocycles. The highest BCUT2D eigenvalue weighted by molar-refractivity contribution is 9.10. The second-order valence-corrected chi connectivity index (χ2v) is 6.91. The van der Waals surface area contributed by atoms with Crippen LogP contribution in [0.4, 0.5) is 5.69 Å². The summed E-state index contributed by atoms with van der Waals surface area (Å²) in [6.45, 7) is 5.21. The molecule has 0 saturated carbocycles. The van der Waals surface area contributed by atoms with Gasteiger partial charge in [0.25, 0.3) is 5.91 Å². The molecule has 5 nitrogen and oxygen atoms in total. The predicted molar refractivity (Wildman–Crippen MR) is 106 cm³/mol. The number of hydrogen-bond donors (Lipinski definition) is 1. The maximum Gasteiger partial charge on any atom is 0.257 e. The van der Waals surface area contributed by atoms with Crippen LogP contribution in [-0.4, -0.2) is 31.1 Å². The van der Waals surface area contributed by atoms with Crippen LogP contribution in [0.15, 0.2) is 40.9 Å². The number of rotatable bonds is 6. The molecule has 0 spiro atoms. The van der Waals surface area contributed by atoms with Gasteiger partial charge in [-0.1, -0.05) is 19.1 Å². The third kappa shape index (κ3) is 3.38. The molecule has 138 valence electrons. The summed E-state index contributed by atoms with van der Waals surface area (Å²) in [6.07, 6.45) is 0.611. The smallest absolute Gasteiger partial charge is 0.257 e. The zero-order chi connectivity index (χ0) is 18.7. The first kappa shape index (κ1) is 18.6. The highest BCUT2D eigenvalue weighted by atomic mass is 79.9. The highest BCUT2D eigenvalue weighted by Gasteiger charge is 2.33. The van der Waals surface area contributed by atoms with Gasteiger partial charge in [0, 0.05) is 12.2 Å². The zero-order valence-electron chi connectivity index (χ0n) is 15.2. The molecule has 1 aliphatic rings. The van der Waals surface area contributed by atoms with Crippen molar-refractivity contribution < 1.29 is 14.3 Å². The molecule has 0 radical (unpaired) electrons. The van der Waals surface area contributed by atoms with Crippen LogP contribution in [0.25, 0.3) is 0 Å². The van der Waals surface area contributed by atoms with E-state index in [0.29, 0.717) is 30.2 Å². The minimum atomic E-state index is -0.266. The number of hydrogen-bond acceptors (Lipinski definition) is 4. The quantitative estimate of drug-likeness (QED) is 0.729. The van der Waals surface area contributed by atoms with Crippen molar-refractivity contribution in [2.75, 3.05) is 25.6 Å². The molecule has 0 aromatic heterocycles. The number of para-hydroxylation sites is 1. The Morgan fingerprint density at radius 1 is 1.23 bits per heavy atom. The van der Waals surface area contributed by atoms with Gasteiger partial charge in [0.1, 0.15) is 6.17 Å². The fourth-order valence-corrected chi connectivity index (χ4v) is 3.78. The van der Waals surface area contributed by atoms with Crippen LogP contribution in [0.1, 0.15) is 42.4 Å². The summed E-state index contributed by atoms with van der Waals surface area (Å²) in [5.74, 6) is 1.35. The molecule has 3 rings (SSSR count). The first-order valence-electron chi connectivity index (χ1n) is 8.77. The van der Waals surface area contributed by atoms with E-state index in [1.54, 1.807) is 7.11 Å². The van der Waals surface area contributed by atoms with Crippen LogP contribution in [-0.2, 0) is 0 Å². The van der Waals surface area contributed by atoms with E-state index >= 15 is 0 Å². The first-order chi connectivity index (χ1) is 12.6. The number of benzene rings is 2. The van der Waals surface area contributed by atoms with Crippen molar-refractivity contribution in [1.29, 1.82) is 0 Å². The lowest BCUT2D eigenvalue weighted by atomic mass is 10.0. The molecule has 1 heterocycles. The van der Waals surface area contributed by atoms with Gasteiger partial charge in [-0.05, 0) is 59.1 Å². The van der Waals surface area contributed by atoms with Gasteiger partial charge in [-0.2, -0.15) is 0 Å². The van der Waals surface area contributed by atoms with Gasteiger partial charge >= 0.3 is 0 Å². The number of ether oxygens (including phenoxy) is 2. The molecule has 0 saturated heterocycles. The van der Waals surface area contributed by atoms with Gasteiger partial charge in [0.05, 0.1) is 23.8 Å². The summed E-state index contributed by atoms with van der Waals surface area (Å²) in [6, 6.07) is 11.5. The Morgan fingerprint density at radius 2 is 2.00 bits per heavy atom. The molecule has 6 heteroatoms. The van der Waals surface area contributed by atoms with Crippen LogP contribution < -0.4 is 14.8 Å². The van der Waals surface area contributed by atoms with Crippen molar-refractivity contribution in [2.24, 2.45) is 0 Å². The normalized spacial score (nSPS) is 16.1. The third-order valence-electron chi connectivity index (χ3n) is 4.34. The van der Waals surface area contributed by atoms with Gasteiger partial charge in [-0.25, -0.2) is 0 Å². The molecule has 0 aliphatic carbocycles. The Bertz CT molecular complexity index is 810. The van der Waals surface area contributed by atoms with Gasteiger partial charge in [-0.3, -0.25) is 4.79 Å². The fraction of sp³-hybridized carbons (Fsp3) is 0.350. The molecule has 0 bridgehead atoms. The van der Waals surface area contributed by atoms with Gasteiger partial charge in [-0.15, -0.1) is 0 Å². The Kier molecular flexibility index (Phi) is 5.71. The Labute approximate surface area is 162 Å². The Morgan fingerprint density at radius 3 is 2.69 bits per heavy atom. The number of nitrogens with one attached hydrogen (secondary N) is 1. The number of amides is 1. The maximum atomic E-state index is 13.0. The van der Waals surface area contributed by atoms with Crippen molar-refractivity contribution >= 4 is 27.5 Å². The summed E-state index contributed by atoms with van der Waals surface area (Å²) in [4.78, 5) is 14.9. The fourth-order valence-electron chi connectivity index (χ4n) is 3.21. The SMILES string of the molecule is CCCN1C(=O)c2ccccc2N[C@@H]1c1cc(Br)c(OCC)c(OC)c1. The van der Waals surface area contributed by atoms with Gasteiger partial charge < -0.3 is 19.7 Å². The minimum absolute atomic E-state index is 0.0372. The highest BCUT2D eigenvalue weighted by Crippen LogP contribution is 2.41. The molecule has 0 fully saturated rings. The summed E-state index contributed by atoms with van der Waals surface area (Å²) in [7, 11) is 1.62. The molecule has 1 amide bonds. The number of nitrogens with zero attached hydrogens (tertiary/aromatic N) is 1. The average Bonchev–Trinajstić information content (AvgIpc) is 2.65. The number of halogens is 1. The summed E-state index contributed by atoms with van der Waals surface area (Å²) in [5.41, 5.74) is 2.49. The van der Waals surface area contributed by atoms with Crippen LogP contribution in [0, 0.1) is 0 Å². The standard InChI is InChI=1S/C20H23BrN2O3/c1-4-10-23-19(22-16-9-7-6-8-14(16)20(23)24)13-11-15(21)18(26-5-2)17(12-13)25-3/h6-9,11-12,19,22H,4-5,10H2,1-3H3/t19-/m0/s1. The lowest BCUT2D eigenvalue weighted by Crippen LogP contribution is -2.43. The summed E-state index contributed by atoms with van der Waals surface area (Å²) < 4.78 is 12.0. The predicted octanol–water partition coefficient (Wildman–Crippen LogP) is 4.83. The van der Waals surface area contributed by atoms with E-state index in [9.17, 15) is 4.79 Å². The molecule has 2 aromatic rings. The van der Waals surface area contributed by atoms with Crippen molar-refractivity contribution in [1.82, 2.24) is 4.90 Å². The van der Waals surface area contributed by atoms with E-state index in [2.05, 4.69) is 28.2 Å². The molecular weight excluding hydrogens is 396 g/mol. The monoisotopic (exact) mass is 418 g/mol. The summed E-state index contributed by atoms with van der Waals surface area (Å²) in [5, 5.41) is 3.50. The topological polar surface area (TPSA) is 50.8 Å². The zero-order valence-corrected chi connectivity index (χ0v) is 16.8. The van der Waals surface area contributed by atoms with Crippen LogP contribution in [0.5, 0.6) is 11.5 Å². The first-order valence-corrected chi connectivity index (χ1v) is 9.56. The van der Waals surface area contributed by atoms with Crippen molar-refractivity contribution in [3.05, 3.63) is 52.0 Å². The Balaban J connectivity index is 2.06. The second kappa shape index (κ2) is 7.99. The Hall–Kier alpha value is -2.21. The molecule has 0 unspecified atom stereocenters. The number of fused-ring (bicyclic) bond motifs is 1. The van der Waals surface area contributed by atoms with Crippen LogP contribution in [0.2, 0.25) is 0 Å². The molecule has 1 N–H and O–H groups in total. The maximum absolute atomic E-state index is 13.0. The minimum Gasteiger partial charge on any atom is -0.493 e. The number of anilines is 1.